The maximum atomic E-state index is 13.0. The molecule has 0 radical (unpaired) electrons. The first-order valence-corrected chi connectivity index (χ1v) is 5.08. The number of rotatable bonds is 1. The molecule has 0 aliphatic carbocycles. The molecular formula is C11H9FN4. The number of halogens is 1. The summed E-state index contributed by atoms with van der Waals surface area (Å²) >= 11 is 0. The van der Waals surface area contributed by atoms with Crippen molar-refractivity contribution < 1.29 is 4.39 Å². The first-order chi connectivity index (χ1) is 7.76. The molecule has 16 heavy (non-hydrogen) atoms. The Bertz CT molecular complexity index is 674. The number of fused-ring (bicyclic) bond motifs is 2. The van der Waals surface area contributed by atoms with Crippen LogP contribution in [0.15, 0.2) is 18.2 Å². The normalized spacial score (nSPS) is 11.4. The van der Waals surface area contributed by atoms with E-state index in [4.69, 9.17) is 0 Å². The highest BCUT2D eigenvalue weighted by molar-refractivity contribution is 5.82. The van der Waals surface area contributed by atoms with Crippen LogP contribution in [0.3, 0.4) is 0 Å². The van der Waals surface area contributed by atoms with E-state index in [-0.39, 0.29) is 5.82 Å². The molecule has 0 amide bonds. The van der Waals surface area contributed by atoms with E-state index in [1.165, 1.54) is 12.1 Å². The molecule has 4 nitrogen and oxygen atoms in total. The Morgan fingerprint density at radius 2 is 2.06 bits per heavy atom. The van der Waals surface area contributed by atoms with E-state index in [1.807, 2.05) is 6.92 Å². The minimum absolute atomic E-state index is 0.309. The lowest BCUT2D eigenvalue weighted by molar-refractivity contribution is 0.629. The summed E-state index contributed by atoms with van der Waals surface area (Å²) in [5, 5.41) is 0. The highest BCUT2D eigenvalue weighted by atomic mass is 19.1. The van der Waals surface area contributed by atoms with E-state index >= 15 is 0 Å². The van der Waals surface area contributed by atoms with E-state index in [0.717, 1.165) is 12.2 Å². The predicted octanol–water partition coefficient (Wildman–Crippen LogP) is 2.21. The van der Waals surface area contributed by atoms with Crippen LogP contribution in [-0.2, 0) is 6.42 Å². The number of hydrogen-bond donors (Lipinski definition) is 1. The molecule has 0 spiro atoms. The van der Waals surface area contributed by atoms with Gasteiger partial charge in [0, 0.05) is 12.5 Å². The summed E-state index contributed by atoms with van der Waals surface area (Å²) in [5.41, 5.74) is 2.38. The SMILES string of the molecule is CCc1nc2nc3ccc(F)cc3nc2[nH]1. The Balaban J connectivity index is 2.37. The molecule has 0 saturated carbocycles. The van der Waals surface area contributed by atoms with Gasteiger partial charge in [0.15, 0.2) is 11.3 Å². The van der Waals surface area contributed by atoms with Crippen molar-refractivity contribution in [2.75, 3.05) is 0 Å². The van der Waals surface area contributed by atoms with Gasteiger partial charge >= 0.3 is 0 Å². The van der Waals surface area contributed by atoms with Gasteiger partial charge < -0.3 is 4.98 Å². The Morgan fingerprint density at radius 1 is 1.19 bits per heavy atom. The third-order valence-corrected chi connectivity index (χ3v) is 2.45. The smallest absolute Gasteiger partial charge is 0.198 e. The molecule has 0 bridgehead atoms. The molecule has 2 aromatic heterocycles. The monoisotopic (exact) mass is 216 g/mol. The maximum absolute atomic E-state index is 13.0. The fraction of sp³-hybridized carbons (Fsp3) is 0.182. The third kappa shape index (κ3) is 1.32. The molecule has 0 saturated heterocycles. The van der Waals surface area contributed by atoms with Crippen LogP contribution in [0.4, 0.5) is 4.39 Å². The lowest BCUT2D eigenvalue weighted by atomic mass is 10.3. The van der Waals surface area contributed by atoms with Crippen molar-refractivity contribution in [3.8, 4) is 0 Å². The standard InChI is InChI=1S/C11H9FN4/c1-2-9-15-10-11(16-9)14-8-5-6(12)3-4-7(8)13-10/h3-5H,2H2,1H3,(H,13,14,15,16). The van der Waals surface area contributed by atoms with Gasteiger partial charge in [-0.25, -0.2) is 19.3 Å². The van der Waals surface area contributed by atoms with Crippen molar-refractivity contribution in [3.05, 3.63) is 29.8 Å². The lowest BCUT2D eigenvalue weighted by Crippen LogP contribution is -1.87. The van der Waals surface area contributed by atoms with Crippen LogP contribution in [0.1, 0.15) is 12.7 Å². The first-order valence-electron chi connectivity index (χ1n) is 5.08. The molecular weight excluding hydrogens is 207 g/mol. The molecule has 3 rings (SSSR count). The van der Waals surface area contributed by atoms with E-state index < -0.39 is 0 Å². The Morgan fingerprint density at radius 3 is 2.88 bits per heavy atom. The summed E-state index contributed by atoms with van der Waals surface area (Å²) in [6.45, 7) is 2.00. The summed E-state index contributed by atoms with van der Waals surface area (Å²) in [7, 11) is 0. The number of imidazole rings is 1. The van der Waals surface area contributed by atoms with Crippen molar-refractivity contribution in [3.63, 3.8) is 0 Å². The second-order valence-corrected chi connectivity index (χ2v) is 3.57. The molecule has 2 heterocycles. The van der Waals surface area contributed by atoms with Crippen LogP contribution in [-0.4, -0.2) is 19.9 Å². The van der Waals surface area contributed by atoms with Crippen molar-refractivity contribution in [2.24, 2.45) is 0 Å². The molecule has 5 heteroatoms. The molecule has 1 aromatic carbocycles. The second kappa shape index (κ2) is 3.23. The Hall–Kier alpha value is -2.04. The number of aromatic amines is 1. The minimum atomic E-state index is -0.309. The van der Waals surface area contributed by atoms with Crippen LogP contribution in [0.2, 0.25) is 0 Å². The van der Waals surface area contributed by atoms with Gasteiger partial charge in [0.2, 0.25) is 0 Å². The molecule has 0 aliphatic heterocycles. The number of benzene rings is 1. The molecule has 0 aliphatic rings. The highest BCUT2D eigenvalue weighted by Crippen LogP contribution is 2.15. The van der Waals surface area contributed by atoms with E-state index in [9.17, 15) is 4.39 Å². The van der Waals surface area contributed by atoms with Gasteiger partial charge in [-0.15, -0.1) is 0 Å². The summed E-state index contributed by atoms with van der Waals surface area (Å²) in [6.07, 6.45) is 0.794. The highest BCUT2D eigenvalue weighted by Gasteiger charge is 2.06. The second-order valence-electron chi connectivity index (χ2n) is 3.57. The Labute approximate surface area is 90.6 Å². The number of nitrogens with one attached hydrogen (secondary N) is 1. The van der Waals surface area contributed by atoms with Crippen molar-refractivity contribution in [1.82, 2.24) is 19.9 Å². The summed E-state index contributed by atoms with van der Waals surface area (Å²) < 4.78 is 13.0. The number of nitrogens with zero attached hydrogens (tertiary/aromatic N) is 3. The summed E-state index contributed by atoms with van der Waals surface area (Å²) in [5.74, 6) is 0.530. The zero-order valence-corrected chi connectivity index (χ0v) is 8.66. The van der Waals surface area contributed by atoms with Crippen molar-refractivity contribution in [2.45, 2.75) is 13.3 Å². The average Bonchev–Trinajstić information content (AvgIpc) is 2.67. The first kappa shape index (κ1) is 9.21. The molecule has 0 fully saturated rings. The topological polar surface area (TPSA) is 54.5 Å². The molecule has 80 valence electrons. The van der Waals surface area contributed by atoms with E-state index in [1.54, 1.807) is 6.07 Å². The van der Waals surface area contributed by atoms with E-state index in [2.05, 4.69) is 19.9 Å². The summed E-state index contributed by atoms with van der Waals surface area (Å²) in [6, 6.07) is 4.35. The zero-order chi connectivity index (χ0) is 11.1. The number of hydrogen-bond acceptors (Lipinski definition) is 3. The Kier molecular flexibility index (Phi) is 1.86. The number of aryl methyl sites for hydroxylation is 1. The van der Waals surface area contributed by atoms with Gasteiger partial charge in [-0.1, -0.05) is 6.92 Å². The third-order valence-electron chi connectivity index (χ3n) is 2.45. The van der Waals surface area contributed by atoms with Crippen molar-refractivity contribution in [1.29, 1.82) is 0 Å². The maximum Gasteiger partial charge on any atom is 0.198 e. The van der Waals surface area contributed by atoms with Crippen LogP contribution in [0, 0.1) is 5.82 Å². The van der Waals surface area contributed by atoms with Crippen LogP contribution < -0.4 is 0 Å². The van der Waals surface area contributed by atoms with Crippen LogP contribution >= 0.6 is 0 Å². The number of H-pyrrole nitrogens is 1. The van der Waals surface area contributed by atoms with Gasteiger partial charge in [-0.05, 0) is 12.1 Å². The molecule has 3 aromatic rings. The van der Waals surface area contributed by atoms with Gasteiger partial charge in [0.1, 0.15) is 11.6 Å². The minimum Gasteiger partial charge on any atom is -0.325 e. The van der Waals surface area contributed by atoms with Gasteiger partial charge in [-0.2, -0.15) is 0 Å². The van der Waals surface area contributed by atoms with Crippen LogP contribution in [0.5, 0.6) is 0 Å². The predicted molar refractivity (Wildman–Crippen MR) is 58.5 cm³/mol. The van der Waals surface area contributed by atoms with Gasteiger partial charge in [0.05, 0.1) is 11.0 Å². The van der Waals surface area contributed by atoms with Crippen LogP contribution in [0.25, 0.3) is 22.3 Å². The zero-order valence-electron chi connectivity index (χ0n) is 8.66. The van der Waals surface area contributed by atoms with Gasteiger partial charge in [-0.3, -0.25) is 0 Å². The molecule has 0 atom stereocenters. The summed E-state index contributed by atoms with van der Waals surface area (Å²) in [4.78, 5) is 15.9. The van der Waals surface area contributed by atoms with E-state index in [0.29, 0.717) is 22.3 Å². The molecule has 1 N–H and O–H groups in total. The average molecular weight is 216 g/mol. The largest absolute Gasteiger partial charge is 0.325 e. The van der Waals surface area contributed by atoms with Crippen molar-refractivity contribution >= 4 is 22.3 Å². The fourth-order valence-electron chi connectivity index (χ4n) is 1.64. The lowest BCUT2D eigenvalue weighted by Gasteiger charge is -1.95. The number of aromatic nitrogens is 4. The van der Waals surface area contributed by atoms with Gasteiger partial charge in [0.25, 0.3) is 0 Å². The quantitative estimate of drug-likeness (QED) is 0.678. The fourth-order valence-corrected chi connectivity index (χ4v) is 1.64. The molecule has 0 unspecified atom stereocenters.